The van der Waals surface area contributed by atoms with Crippen LogP contribution < -0.4 is 0 Å². The maximum atomic E-state index is 11.4. The molecule has 0 radical (unpaired) electrons. The van der Waals surface area contributed by atoms with Crippen LogP contribution in [0.3, 0.4) is 0 Å². The van der Waals surface area contributed by atoms with E-state index < -0.39 is 35.9 Å². The standard InChI is InChI=1S/2C4H4F6O.Mo/c2*1-2(11,3(5,6)7)4(8,9)10;/h2*11H,1H3;. The van der Waals surface area contributed by atoms with Crippen LogP contribution in [0.1, 0.15) is 13.8 Å². The zero-order valence-electron chi connectivity index (χ0n) is 10.8. The Kier molecular flexibility index (Phi) is 8.81. The van der Waals surface area contributed by atoms with Gasteiger partial charge in [0.05, 0.1) is 0 Å². The molecule has 0 bridgehead atoms. The Morgan fingerprint density at radius 1 is 0.435 bits per heavy atom. The van der Waals surface area contributed by atoms with Gasteiger partial charge < -0.3 is 10.2 Å². The third-order valence-corrected chi connectivity index (χ3v) is 2.21. The summed E-state index contributed by atoms with van der Waals surface area (Å²) < 4.78 is 136. The molecule has 0 saturated heterocycles. The van der Waals surface area contributed by atoms with Gasteiger partial charge in [0.25, 0.3) is 11.2 Å². The molecule has 0 aliphatic rings. The molecule has 15 heteroatoms. The second kappa shape index (κ2) is 7.34. The first kappa shape index (κ1) is 27.6. The summed E-state index contributed by atoms with van der Waals surface area (Å²) in [6.07, 6.45) is -22.8. The minimum absolute atomic E-state index is 0. The average molecular weight is 460 g/mol. The first-order valence-corrected chi connectivity index (χ1v) is 4.72. The maximum absolute atomic E-state index is 11.4. The summed E-state index contributed by atoms with van der Waals surface area (Å²) in [5.41, 5.74) is -9.25. The van der Waals surface area contributed by atoms with E-state index in [1.54, 1.807) is 0 Å². The summed E-state index contributed by atoms with van der Waals surface area (Å²) in [5.74, 6) is 0. The molecule has 0 aliphatic heterocycles. The largest absolute Gasteiger partial charge is 0.425 e. The van der Waals surface area contributed by atoms with E-state index in [-0.39, 0.29) is 34.9 Å². The predicted octanol–water partition coefficient (Wildman–Crippen LogP) is 3.72. The zero-order chi connectivity index (χ0) is 19.0. The van der Waals surface area contributed by atoms with E-state index in [0.29, 0.717) is 0 Å². The first-order valence-electron chi connectivity index (χ1n) is 4.72. The van der Waals surface area contributed by atoms with E-state index in [9.17, 15) is 52.7 Å². The van der Waals surface area contributed by atoms with Crippen molar-refractivity contribution in [3.63, 3.8) is 0 Å². The van der Waals surface area contributed by atoms with Crippen molar-refractivity contribution in [2.45, 2.75) is 49.8 Å². The van der Waals surface area contributed by atoms with Gasteiger partial charge in [-0.2, -0.15) is 52.7 Å². The van der Waals surface area contributed by atoms with Crippen molar-refractivity contribution in [2.75, 3.05) is 0 Å². The minimum Gasteiger partial charge on any atom is -0.374 e. The molecule has 0 unspecified atom stereocenters. The van der Waals surface area contributed by atoms with Crippen molar-refractivity contribution >= 4 is 0 Å². The summed E-state index contributed by atoms with van der Waals surface area (Å²) in [5, 5.41) is 15.9. The smallest absolute Gasteiger partial charge is 0.374 e. The number of hydrogen-bond donors (Lipinski definition) is 2. The van der Waals surface area contributed by atoms with Crippen LogP contribution >= 0.6 is 0 Å². The summed E-state index contributed by atoms with van der Waals surface area (Å²) in [6, 6.07) is 0. The average Bonchev–Trinajstić information content (AvgIpc) is 2.10. The Bertz CT molecular complexity index is 293. The fourth-order valence-electron chi connectivity index (χ4n) is 0.321. The van der Waals surface area contributed by atoms with E-state index in [1.165, 1.54) is 0 Å². The summed E-state index contributed by atoms with van der Waals surface area (Å²) in [4.78, 5) is 0. The summed E-state index contributed by atoms with van der Waals surface area (Å²) >= 11 is 0. The Labute approximate surface area is 134 Å². The molecule has 0 atom stereocenters. The van der Waals surface area contributed by atoms with Crippen molar-refractivity contribution in [1.29, 1.82) is 0 Å². The molecule has 0 rings (SSSR count). The number of rotatable bonds is 0. The van der Waals surface area contributed by atoms with Crippen LogP contribution in [0, 0.1) is 0 Å². The Morgan fingerprint density at radius 3 is 0.522 bits per heavy atom. The van der Waals surface area contributed by atoms with Gasteiger partial charge in [-0.3, -0.25) is 0 Å². The molecule has 0 amide bonds. The van der Waals surface area contributed by atoms with Gasteiger partial charge in [0.15, 0.2) is 0 Å². The van der Waals surface area contributed by atoms with E-state index in [0.717, 1.165) is 0 Å². The molecule has 0 aliphatic carbocycles. The van der Waals surface area contributed by atoms with Crippen molar-refractivity contribution < 1.29 is 84.0 Å². The van der Waals surface area contributed by atoms with Gasteiger partial charge >= 0.3 is 24.7 Å². The number of aliphatic hydroxyl groups is 2. The molecular weight excluding hydrogens is 452 g/mol. The van der Waals surface area contributed by atoms with Crippen LogP contribution in [0.4, 0.5) is 52.7 Å². The van der Waals surface area contributed by atoms with Crippen molar-refractivity contribution in [3.8, 4) is 0 Å². The molecule has 0 aromatic rings. The third kappa shape index (κ3) is 6.65. The van der Waals surface area contributed by atoms with Gasteiger partial charge in [-0.15, -0.1) is 0 Å². The van der Waals surface area contributed by atoms with E-state index in [1.807, 2.05) is 0 Å². The molecule has 0 aromatic carbocycles. The van der Waals surface area contributed by atoms with Crippen molar-refractivity contribution in [1.82, 2.24) is 0 Å². The fourth-order valence-corrected chi connectivity index (χ4v) is 0.321. The summed E-state index contributed by atoms with van der Waals surface area (Å²) in [6.45, 7) is -0.681. The van der Waals surface area contributed by atoms with Crippen molar-refractivity contribution in [3.05, 3.63) is 0 Å². The van der Waals surface area contributed by atoms with E-state index in [2.05, 4.69) is 0 Å². The molecule has 2 nitrogen and oxygen atoms in total. The monoisotopic (exact) mass is 462 g/mol. The van der Waals surface area contributed by atoms with Crippen LogP contribution in [0.15, 0.2) is 0 Å². The minimum atomic E-state index is -5.69. The second-order valence-electron chi connectivity index (χ2n) is 4.14. The quantitative estimate of drug-likeness (QED) is 0.428. The molecular formula is C8H8F12MoO2. The topological polar surface area (TPSA) is 40.5 Å². The summed E-state index contributed by atoms with van der Waals surface area (Å²) in [7, 11) is 0. The Hall–Kier alpha value is -0.232. The van der Waals surface area contributed by atoms with Crippen LogP contribution in [0.25, 0.3) is 0 Å². The van der Waals surface area contributed by atoms with Crippen LogP contribution in [0.2, 0.25) is 0 Å². The molecule has 0 aromatic heterocycles. The third-order valence-electron chi connectivity index (χ3n) is 2.21. The van der Waals surface area contributed by atoms with Crippen molar-refractivity contribution in [2.24, 2.45) is 0 Å². The second-order valence-corrected chi connectivity index (χ2v) is 4.14. The van der Waals surface area contributed by atoms with Crippen LogP contribution in [-0.2, 0) is 21.1 Å². The number of alkyl halides is 12. The van der Waals surface area contributed by atoms with Gasteiger partial charge in [0.2, 0.25) is 0 Å². The SMILES string of the molecule is CC(O)(C(F)(F)F)C(F)(F)F.CC(O)(C(F)(F)F)C(F)(F)F.[Mo]. The maximum Gasteiger partial charge on any atom is 0.425 e. The molecule has 0 heterocycles. The molecule has 142 valence electrons. The first-order chi connectivity index (χ1) is 9.00. The van der Waals surface area contributed by atoms with Gasteiger partial charge in [-0.1, -0.05) is 0 Å². The number of halogens is 12. The molecule has 0 saturated carbocycles. The molecule has 2 N–H and O–H groups in total. The van der Waals surface area contributed by atoms with Crippen LogP contribution in [-0.4, -0.2) is 46.1 Å². The number of hydrogen-bond acceptors (Lipinski definition) is 2. The predicted molar refractivity (Wildman–Crippen MR) is 45.5 cm³/mol. The van der Waals surface area contributed by atoms with Gasteiger partial charge in [0, 0.05) is 21.1 Å². The van der Waals surface area contributed by atoms with Gasteiger partial charge in [-0.05, 0) is 13.8 Å². The Morgan fingerprint density at radius 2 is 0.522 bits per heavy atom. The fraction of sp³-hybridized carbons (Fsp3) is 1.00. The van der Waals surface area contributed by atoms with E-state index >= 15 is 0 Å². The van der Waals surface area contributed by atoms with Crippen LogP contribution in [0.5, 0.6) is 0 Å². The van der Waals surface area contributed by atoms with E-state index in [4.69, 9.17) is 10.2 Å². The zero-order valence-corrected chi connectivity index (χ0v) is 12.8. The molecule has 0 spiro atoms. The Balaban J connectivity index is -0.000000333. The molecule has 23 heavy (non-hydrogen) atoms. The normalized spacial score (nSPS) is 14.6. The van der Waals surface area contributed by atoms with Gasteiger partial charge in [-0.25, -0.2) is 0 Å². The van der Waals surface area contributed by atoms with Gasteiger partial charge in [0.1, 0.15) is 0 Å². The molecule has 0 fully saturated rings.